The number of aromatic nitrogens is 1. The molecular weight excluding hydrogens is 492 g/mol. The number of nitrogens with two attached hydrogens (primary N) is 1. The monoisotopic (exact) mass is 536 g/mol. The molecule has 212 valence electrons. The van der Waals surface area contributed by atoms with Crippen LogP contribution in [0.2, 0.25) is 0 Å². The number of unbranched alkanes of at least 4 members (excludes halogenated alkanes) is 4. The van der Waals surface area contributed by atoms with Gasteiger partial charge in [-0.3, -0.25) is 9.59 Å². The van der Waals surface area contributed by atoms with E-state index in [2.05, 4.69) is 16.8 Å². The Kier molecular flexibility index (Phi) is 10.7. The van der Waals surface area contributed by atoms with Crippen LogP contribution in [0.1, 0.15) is 75.1 Å². The van der Waals surface area contributed by atoms with E-state index in [0.29, 0.717) is 30.4 Å². The molecule has 2 fully saturated rings. The third-order valence-corrected chi connectivity index (χ3v) is 8.04. The summed E-state index contributed by atoms with van der Waals surface area (Å²) in [5.74, 6) is 0.532. The van der Waals surface area contributed by atoms with Gasteiger partial charge in [-0.05, 0) is 75.0 Å². The van der Waals surface area contributed by atoms with Crippen LogP contribution in [0.25, 0.3) is 11.1 Å². The number of aliphatic hydroxyl groups excluding tert-OH is 1. The van der Waals surface area contributed by atoms with E-state index in [1.807, 2.05) is 24.3 Å². The fourth-order valence-electron chi connectivity index (χ4n) is 5.69. The summed E-state index contributed by atoms with van der Waals surface area (Å²) in [6.07, 6.45) is 10.6. The molecular formula is C31H44N4O4. The number of aliphatic hydroxyl groups is 1. The SMILES string of the molecule is CCCCCCCN1CCC(COc2ccc(-c3ccc(C(=O)N4C[C@H](O)C[C@H]4CC(N)=O)cc3)cn2)CC1. The van der Waals surface area contributed by atoms with E-state index >= 15 is 0 Å². The highest BCUT2D eigenvalue weighted by molar-refractivity contribution is 5.95. The van der Waals surface area contributed by atoms with Gasteiger partial charge in [0.1, 0.15) is 0 Å². The first-order chi connectivity index (χ1) is 18.9. The fourth-order valence-corrected chi connectivity index (χ4v) is 5.69. The molecule has 8 nitrogen and oxygen atoms in total. The van der Waals surface area contributed by atoms with E-state index in [1.54, 1.807) is 23.2 Å². The highest BCUT2D eigenvalue weighted by atomic mass is 16.5. The molecule has 2 saturated heterocycles. The average molecular weight is 537 g/mol. The Labute approximate surface area is 232 Å². The molecule has 0 unspecified atom stereocenters. The Bertz CT molecular complexity index is 1050. The molecule has 0 aliphatic carbocycles. The lowest BCUT2D eigenvalue weighted by atomic mass is 9.97. The molecule has 1 aromatic carbocycles. The average Bonchev–Trinajstić information content (AvgIpc) is 3.31. The number of carbonyl (C=O) groups is 2. The molecule has 3 N–H and O–H groups in total. The molecule has 2 amide bonds. The summed E-state index contributed by atoms with van der Waals surface area (Å²) in [6.45, 7) is 6.73. The Morgan fingerprint density at radius 1 is 1.03 bits per heavy atom. The number of primary amides is 1. The first-order valence-electron chi connectivity index (χ1n) is 14.6. The van der Waals surface area contributed by atoms with Crippen molar-refractivity contribution >= 4 is 11.8 Å². The molecule has 2 aliphatic rings. The second-order valence-corrected chi connectivity index (χ2v) is 11.1. The number of likely N-dealkylation sites (tertiary alicyclic amines) is 2. The lowest BCUT2D eigenvalue weighted by Crippen LogP contribution is -2.38. The summed E-state index contributed by atoms with van der Waals surface area (Å²) >= 11 is 0. The molecule has 3 heterocycles. The number of amides is 2. The fraction of sp³-hybridized carbons (Fsp3) is 0.581. The van der Waals surface area contributed by atoms with Crippen molar-refractivity contribution in [1.82, 2.24) is 14.8 Å². The predicted octanol–water partition coefficient (Wildman–Crippen LogP) is 4.26. The van der Waals surface area contributed by atoms with Crippen LogP contribution < -0.4 is 10.5 Å². The molecule has 0 spiro atoms. The van der Waals surface area contributed by atoms with Gasteiger partial charge < -0.3 is 25.4 Å². The maximum absolute atomic E-state index is 13.0. The van der Waals surface area contributed by atoms with Crippen LogP contribution in [-0.4, -0.2) is 76.6 Å². The zero-order valence-corrected chi connectivity index (χ0v) is 23.3. The number of carbonyl (C=O) groups excluding carboxylic acids is 2. The molecule has 1 aromatic heterocycles. The molecule has 39 heavy (non-hydrogen) atoms. The van der Waals surface area contributed by atoms with Crippen LogP contribution in [0.5, 0.6) is 5.88 Å². The first-order valence-corrected chi connectivity index (χ1v) is 14.6. The van der Waals surface area contributed by atoms with Gasteiger partial charge in [0, 0.05) is 42.4 Å². The summed E-state index contributed by atoms with van der Waals surface area (Å²) in [5.41, 5.74) is 7.73. The number of benzene rings is 1. The predicted molar refractivity (Wildman–Crippen MR) is 152 cm³/mol. The summed E-state index contributed by atoms with van der Waals surface area (Å²) in [6, 6.07) is 10.8. The van der Waals surface area contributed by atoms with E-state index in [1.165, 1.54) is 51.5 Å². The molecule has 0 radical (unpaired) electrons. The summed E-state index contributed by atoms with van der Waals surface area (Å²) < 4.78 is 6.02. The molecule has 0 bridgehead atoms. The maximum Gasteiger partial charge on any atom is 0.254 e. The van der Waals surface area contributed by atoms with Gasteiger partial charge in [0.05, 0.1) is 12.7 Å². The zero-order chi connectivity index (χ0) is 27.6. The maximum atomic E-state index is 13.0. The topological polar surface area (TPSA) is 109 Å². The Balaban J connectivity index is 1.22. The number of pyridine rings is 1. The van der Waals surface area contributed by atoms with E-state index in [9.17, 15) is 14.7 Å². The normalized spacial score (nSPS) is 20.3. The number of nitrogens with zero attached hydrogens (tertiary/aromatic N) is 3. The van der Waals surface area contributed by atoms with Crippen LogP contribution in [0.4, 0.5) is 0 Å². The standard InChI is InChI=1S/C31H44N4O4/c1-2-3-4-5-6-15-34-16-13-23(14-17-34)22-39-30-12-11-26(20-33-30)24-7-9-25(10-8-24)31(38)35-21-28(36)18-27(35)19-29(32)37/h7-12,20,23,27-28,36H,2-6,13-19,21-22H2,1H3,(H2,32,37)/t27-,28+/m0/s1. The van der Waals surface area contributed by atoms with E-state index in [0.717, 1.165) is 24.2 Å². The van der Waals surface area contributed by atoms with E-state index < -0.39 is 12.0 Å². The number of β-amino-alcohol motifs (C(OH)–C–C–N with tert-alkyl or cyclic N) is 1. The van der Waals surface area contributed by atoms with Crippen molar-refractivity contribution in [2.75, 3.05) is 32.8 Å². The third-order valence-electron chi connectivity index (χ3n) is 8.04. The lowest BCUT2D eigenvalue weighted by molar-refractivity contribution is -0.118. The van der Waals surface area contributed by atoms with Crippen molar-refractivity contribution in [2.45, 2.75) is 76.9 Å². The van der Waals surface area contributed by atoms with Gasteiger partial charge in [0.2, 0.25) is 11.8 Å². The third kappa shape index (κ3) is 8.51. The Hall–Kier alpha value is -2.97. The molecule has 2 atom stereocenters. The van der Waals surface area contributed by atoms with E-state index in [4.69, 9.17) is 10.5 Å². The van der Waals surface area contributed by atoms with Gasteiger partial charge in [-0.2, -0.15) is 0 Å². The number of hydrogen-bond donors (Lipinski definition) is 2. The highest BCUT2D eigenvalue weighted by Crippen LogP contribution is 2.26. The molecule has 4 rings (SSSR count). The van der Waals surface area contributed by atoms with Gasteiger partial charge in [0.15, 0.2) is 0 Å². The van der Waals surface area contributed by atoms with Crippen LogP contribution in [0.15, 0.2) is 42.6 Å². The summed E-state index contributed by atoms with van der Waals surface area (Å²) in [7, 11) is 0. The van der Waals surface area contributed by atoms with Crippen molar-refractivity contribution in [3.8, 4) is 17.0 Å². The zero-order valence-electron chi connectivity index (χ0n) is 23.3. The molecule has 2 aliphatic heterocycles. The largest absolute Gasteiger partial charge is 0.477 e. The van der Waals surface area contributed by atoms with Crippen molar-refractivity contribution in [1.29, 1.82) is 0 Å². The summed E-state index contributed by atoms with van der Waals surface area (Å²) in [4.78, 5) is 33.0. The van der Waals surface area contributed by atoms with Crippen LogP contribution in [0, 0.1) is 5.92 Å². The quantitative estimate of drug-likeness (QED) is 0.370. The molecule has 0 saturated carbocycles. The number of rotatable bonds is 13. The van der Waals surface area contributed by atoms with E-state index in [-0.39, 0.29) is 24.9 Å². The minimum atomic E-state index is -0.637. The van der Waals surface area contributed by atoms with Crippen molar-refractivity contribution < 1.29 is 19.4 Å². The van der Waals surface area contributed by atoms with Crippen molar-refractivity contribution in [3.63, 3.8) is 0 Å². The van der Waals surface area contributed by atoms with Gasteiger partial charge in [-0.25, -0.2) is 4.98 Å². The van der Waals surface area contributed by atoms with Crippen LogP contribution in [0.3, 0.4) is 0 Å². The van der Waals surface area contributed by atoms with Crippen molar-refractivity contribution in [3.05, 3.63) is 48.2 Å². The van der Waals surface area contributed by atoms with Gasteiger partial charge >= 0.3 is 0 Å². The number of hydrogen-bond acceptors (Lipinski definition) is 6. The number of ether oxygens (including phenoxy) is 1. The van der Waals surface area contributed by atoms with Gasteiger partial charge in [0.25, 0.3) is 5.91 Å². The second-order valence-electron chi connectivity index (χ2n) is 11.1. The first kappa shape index (κ1) is 29.0. The molecule has 8 heteroatoms. The van der Waals surface area contributed by atoms with Crippen LogP contribution in [-0.2, 0) is 4.79 Å². The second kappa shape index (κ2) is 14.4. The van der Waals surface area contributed by atoms with Crippen LogP contribution >= 0.6 is 0 Å². The van der Waals surface area contributed by atoms with Crippen molar-refractivity contribution in [2.24, 2.45) is 11.7 Å². The van der Waals surface area contributed by atoms with Gasteiger partial charge in [-0.1, -0.05) is 44.7 Å². The highest BCUT2D eigenvalue weighted by Gasteiger charge is 2.35. The smallest absolute Gasteiger partial charge is 0.254 e. The van der Waals surface area contributed by atoms with Gasteiger partial charge in [-0.15, -0.1) is 0 Å². The Morgan fingerprint density at radius 3 is 2.41 bits per heavy atom. The molecule has 2 aromatic rings. The lowest BCUT2D eigenvalue weighted by Gasteiger charge is -2.31. The summed E-state index contributed by atoms with van der Waals surface area (Å²) in [5, 5.41) is 10.0. The number of piperidine rings is 1. The minimum absolute atomic E-state index is 0.0549. The Morgan fingerprint density at radius 2 is 1.74 bits per heavy atom. The minimum Gasteiger partial charge on any atom is -0.477 e.